The monoisotopic (exact) mass is 411 g/mol. The second-order valence-electron chi connectivity index (χ2n) is 6.94. The van der Waals surface area contributed by atoms with E-state index >= 15 is 0 Å². The highest BCUT2D eigenvalue weighted by Gasteiger charge is 2.01. The van der Waals surface area contributed by atoms with E-state index in [0.717, 1.165) is 31.4 Å². The number of nitrogens with zero attached hydrogens (tertiary/aromatic N) is 3. The van der Waals surface area contributed by atoms with Gasteiger partial charge in [0.1, 0.15) is 0 Å². The van der Waals surface area contributed by atoms with Gasteiger partial charge >= 0.3 is 0 Å². The number of pyridine rings is 1. The molecule has 7 heteroatoms. The van der Waals surface area contributed by atoms with Crippen molar-refractivity contribution in [2.45, 2.75) is 51.4 Å². The van der Waals surface area contributed by atoms with Crippen LogP contribution in [0.4, 0.5) is 10.1 Å². The second kappa shape index (κ2) is 14.8. The number of nitrogens with one attached hydrogen (secondary N) is 2. The predicted octanol–water partition coefficient (Wildman–Crippen LogP) is 5.26. The predicted molar refractivity (Wildman–Crippen MR) is 118 cm³/mol. The van der Waals surface area contributed by atoms with Crippen LogP contribution in [0, 0.1) is 17.3 Å². The van der Waals surface area contributed by atoms with E-state index in [1.807, 2.05) is 18.3 Å². The molecule has 1 heterocycles. The van der Waals surface area contributed by atoms with Gasteiger partial charge in [-0.3, -0.25) is 15.3 Å². The summed E-state index contributed by atoms with van der Waals surface area (Å²) in [6.07, 6.45) is 14.2. The number of aliphatic imine (C=N–C) groups is 1. The Morgan fingerprint density at radius 1 is 1.00 bits per heavy atom. The molecule has 30 heavy (non-hydrogen) atoms. The highest BCUT2D eigenvalue weighted by atomic mass is 19.1. The summed E-state index contributed by atoms with van der Waals surface area (Å²) < 4.78 is 18.9. The minimum Gasteiger partial charge on any atom is -0.491 e. The maximum absolute atomic E-state index is 13.4. The lowest BCUT2D eigenvalue weighted by Crippen LogP contribution is -2.27. The molecule has 160 valence electrons. The molecule has 0 saturated heterocycles. The van der Waals surface area contributed by atoms with Gasteiger partial charge in [-0.1, -0.05) is 50.7 Å². The highest BCUT2D eigenvalue weighted by Crippen LogP contribution is 2.16. The fraction of sp³-hybridized carbons (Fsp3) is 0.435. The zero-order chi connectivity index (χ0) is 21.3. The summed E-state index contributed by atoms with van der Waals surface area (Å²) >= 11 is 0. The van der Waals surface area contributed by atoms with Gasteiger partial charge in [0.05, 0.1) is 18.5 Å². The first-order valence-corrected chi connectivity index (χ1v) is 10.5. The third kappa shape index (κ3) is 9.87. The van der Waals surface area contributed by atoms with Gasteiger partial charge in [-0.25, -0.2) is 4.39 Å². The molecule has 0 radical (unpaired) electrons. The molecule has 0 fully saturated rings. The van der Waals surface area contributed by atoms with E-state index in [0.29, 0.717) is 24.9 Å². The summed E-state index contributed by atoms with van der Waals surface area (Å²) in [5.74, 6) is 0.484. The summed E-state index contributed by atoms with van der Waals surface area (Å²) in [5.41, 5.74) is 0.790. The first-order valence-electron chi connectivity index (χ1n) is 10.5. The first kappa shape index (κ1) is 23.1. The third-order valence-electron chi connectivity index (χ3n) is 4.52. The lowest BCUT2D eigenvalue weighted by atomic mass is 10.1. The fourth-order valence-corrected chi connectivity index (χ4v) is 2.95. The average molecular weight is 412 g/mol. The summed E-state index contributed by atoms with van der Waals surface area (Å²) in [4.78, 5) is 8.44. The van der Waals surface area contributed by atoms with E-state index in [1.165, 1.54) is 31.7 Å². The van der Waals surface area contributed by atoms with E-state index in [1.54, 1.807) is 30.6 Å². The highest BCUT2D eigenvalue weighted by molar-refractivity contribution is 5.94. The lowest BCUT2D eigenvalue weighted by Gasteiger charge is -2.07. The minimum absolute atomic E-state index is 0.301. The quantitative estimate of drug-likeness (QED) is 0.154. The number of para-hydroxylation sites is 1. The van der Waals surface area contributed by atoms with Crippen molar-refractivity contribution in [3.63, 3.8) is 0 Å². The summed E-state index contributed by atoms with van der Waals surface area (Å²) in [5, 5.41) is 14.5. The van der Waals surface area contributed by atoms with Gasteiger partial charge < -0.3 is 10.1 Å². The number of rotatable bonds is 13. The van der Waals surface area contributed by atoms with Crippen LogP contribution in [-0.2, 0) is 0 Å². The number of hydrogen-bond donors (Lipinski definition) is 2. The molecule has 2 rings (SSSR count). The Morgan fingerprint density at radius 2 is 1.73 bits per heavy atom. The summed E-state index contributed by atoms with van der Waals surface area (Å²) in [6.45, 7) is 1.23. The number of halogens is 1. The Balaban J connectivity index is 1.46. The number of nitriles is 1. The van der Waals surface area contributed by atoms with Crippen LogP contribution in [0.2, 0.25) is 0 Å². The van der Waals surface area contributed by atoms with E-state index in [-0.39, 0.29) is 5.82 Å². The second-order valence-corrected chi connectivity index (χ2v) is 6.94. The van der Waals surface area contributed by atoms with Crippen molar-refractivity contribution in [2.24, 2.45) is 4.99 Å². The Kier molecular flexibility index (Phi) is 11.4. The smallest absolute Gasteiger partial charge is 0.209 e. The molecule has 2 aromatic rings. The topological polar surface area (TPSA) is 82.3 Å². The standard InChI is InChI=1S/C23H30FN5O/c24-21-13-7-8-14-22(21)30-17-10-6-4-2-1-3-5-9-16-27-23(28-19-25)29-20-12-11-15-26-18-20/h7-8,11-15,18H,1-6,9-10,16-17H2,(H2,27,28,29). The van der Waals surface area contributed by atoms with Gasteiger partial charge in [0.2, 0.25) is 5.96 Å². The normalized spacial score (nSPS) is 11.0. The molecule has 1 aromatic carbocycles. The van der Waals surface area contributed by atoms with Crippen molar-refractivity contribution in [1.29, 1.82) is 5.26 Å². The van der Waals surface area contributed by atoms with Crippen molar-refractivity contribution >= 4 is 11.6 Å². The lowest BCUT2D eigenvalue weighted by molar-refractivity contribution is 0.290. The maximum atomic E-state index is 13.4. The van der Waals surface area contributed by atoms with Crippen molar-refractivity contribution in [2.75, 3.05) is 18.5 Å². The molecule has 2 N–H and O–H groups in total. The summed E-state index contributed by atoms with van der Waals surface area (Å²) in [7, 11) is 0. The molecular formula is C23H30FN5O. The number of unbranched alkanes of at least 4 members (excludes halogenated alkanes) is 7. The van der Waals surface area contributed by atoms with Crippen LogP contribution < -0.4 is 15.4 Å². The SMILES string of the molecule is N#CNC(=NCCCCCCCCCCOc1ccccc1F)Nc1cccnc1. The van der Waals surface area contributed by atoms with Crippen LogP contribution in [0.5, 0.6) is 5.75 Å². The van der Waals surface area contributed by atoms with Crippen molar-refractivity contribution in [1.82, 2.24) is 10.3 Å². The van der Waals surface area contributed by atoms with Crippen LogP contribution in [0.15, 0.2) is 53.8 Å². The third-order valence-corrected chi connectivity index (χ3v) is 4.52. The number of ether oxygens (including phenoxy) is 1. The molecule has 0 aliphatic heterocycles. The molecule has 0 aliphatic carbocycles. The first-order chi connectivity index (χ1) is 14.8. The van der Waals surface area contributed by atoms with Gasteiger partial charge in [-0.15, -0.1) is 0 Å². The molecule has 0 atom stereocenters. The zero-order valence-electron chi connectivity index (χ0n) is 17.3. The number of anilines is 1. The molecule has 0 aliphatic rings. The molecular weight excluding hydrogens is 381 g/mol. The van der Waals surface area contributed by atoms with Crippen LogP contribution in [-0.4, -0.2) is 24.1 Å². The van der Waals surface area contributed by atoms with Gasteiger partial charge in [0, 0.05) is 12.7 Å². The van der Waals surface area contributed by atoms with E-state index in [2.05, 4.69) is 20.6 Å². The number of guanidine groups is 1. The molecule has 6 nitrogen and oxygen atoms in total. The van der Waals surface area contributed by atoms with Crippen molar-refractivity contribution in [3.8, 4) is 11.9 Å². The molecule has 0 saturated carbocycles. The zero-order valence-corrected chi connectivity index (χ0v) is 17.3. The number of hydrogen-bond acceptors (Lipinski definition) is 4. The molecule has 0 unspecified atom stereocenters. The van der Waals surface area contributed by atoms with Crippen molar-refractivity contribution in [3.05, 3.63) is 54.6 Å². The molecule has 1 aromatic heterocycles. The molecule has 0 amide bonds. The molecule has 0 spiro atoms. The largest absolute Gasteiger partial charge is 0.491 e. The van der Waals surface area contributed by atoms with E-state index < -0.39 is 0 Å². The van der Waals surface area contributed by atoms with Crippen LogP contribution in [0.25, 0.3) is 0 Å². The minimum atomic E-state index is -0.301. The Labute approximate surface area is 178 Å². The Morgan fingerprint density at radius 3 is 2.43 bits per heavy atom. The van der Waals surface area contributed by atoms with Crippen LogP contribution in [0.1, 0.15) is 51.4 Å². The Bertz CT molecular complexity index is 792. The van der Waals surface area contributed by atoms with Gasteiger partial charge in [0.25, 0.3) is 0 Å². The maximum Gasteiger partial charge on any atom is 0.209 e. The summed E-state index contributed by atoms with van der Waals surface area (Å²) in [6, 6.07) is 10.2. The van der Waals surface area contributed by atoms with Gasteiger partial charge in [-0.2, -0.15) is 5.26 Å². The van der Waals surface area contributed by atoms with E-state index in [4.69, 9.17) is 10.00 Å². The number of aromatic nitrogens is 1. The number of benzene rings is 1. The van der Waals surface area contributed by atoms with Gasteiger partial charge in [-0.05, 0) is 37.1 Å². The van der Waals surface area contributed by atoms with Crippen LogP contribution in [0.3, 0.4) is 0 Å². The molecule has 0 bridgehead atoms. The fourth-order valence-electron chi connectivity index (χ4n) is 2.95. The Hall–Kier alpha value is -3.14. The van der Waals surface area contributed by atoms with E-state index in [9.17, 15) is 4.39 Å². The average Bonchev–Trinajstić information content (AvgIpc) is 2.76. The van der Waals surface area contributed by atoms with Crippen LogP contribution >= 0.6 is 0 Å². The van der Waals surface area contributed by atoms with Crippen molar-refractivity contribution < 1.29 is 9.13 Å². The van der Waals surface area contributed by atoms with Gasteiger partial charge in [0.15, 0.2) is 17.8 Å².